The standard InChI is InChI=1S/C6H6N4O/c1-3-5-6(10-7-3)11-4(2)8-9-5/h1-2H3. The molecule has 0 aliphatic carbocycles. The third-order valence-corrected chi connectivity index (χ3v) is 1.37. The van der Waals surface area contributed by atoms with E-state index in [-0.39, 0.29) is 0 Å². The van der Waals surface area contributed by atoms with Gasteiger partial charge in [-0.05, 0) is 6.92 Å². The Kier molecular flexibility index (Phi) is 1.12. The van der Waals surface area contributed by atoms with Crippen molar-refractivity contribution < 1.29 is 4.42 Å². The Hall–Kier alpha value is -1.52. The first-order valence-electron chi connectivity index (χ1n) is 3.20. The minimum absolute atomic E-state index is 0.454. The van der Waals surface area contributed by atoms with Crippen LogP contribution in [0, 0.1) is 13.8 Å². The third-order valence-electron chi connectivity index (χ3n) is 1.37. The fourth-order valence-corrected chi connectivity index (χ4v) is 0.835. The van der Waals surface area contributed by atoms with Gasteiger partial charge in [0.15, 0.2) is 5.69 Å². The molecule has 0 aromatic heterocycles. The van der Waals surface area contributed by atoms with Crippen LogP contribution in [0.2, 0.25) is 0 Å². The number of aromatic nitrogens is 4. The molecular formula is C6H6N4O. The molecule has 11 heavy (non-hydrogen) atoms. The number of rotatable bonds is 0. The topological polar surface area (TPSA) is 64.7 Å². The van der Waals surface area contributed by atoms with E-state index in [1.807, 2.05) is 6.92 Å². The highest BCUT2D eigenvalue weighted by Gasteiger charge is 2.14. The summed E-state index contributed by atoms with van der Waals surface area (Å²) in [5, 5.41) is 15.2. The minimum Gasteiger partial charge on any atom is -0.420 e. The summed E-state index contributed by atoms with van der Waals surface area (Å²) in [6, 6.07) is 0. The molecule has 0 aromatic carbocycles. The molecule has 0 aromatic rings. The number of hydrogen-bond acceptors (Lipinski definition) is 5. The maximum atomic E-state index is 5.14. The quantitative estimate of drug-likeness (QED) is 0.549. The highest BCUT2D eigenvalue weighted by Crippen LogP contribution is 2.18. The van der Waals surface area contributed by atoms with E-state index in [9.17, 15) is 0 Å². The van der Waals surface area contributed by atoms with Crippen LogP contribution in [-0.2, 0) is 0 Å². The average Bonchev–Trinajstić information content (AvgIpc) is 2.32. The van der Waals surface area contributed by atoms with Crippen LogP contribution >= 0.6 is 0 Å². The third kappa shape index (κ3) is 0.849. The van der Waals surface area contributed by atoms with Crippen molar-refractivity contribution >= 4 is 0 Å². The van der Waals surface area contributed by atoms with Gasteiger partial charge in [0.25, 0.3) is 5.89 Å². The van der Waals surface area contributed by atoms with Crippen molar-refractivity contribution in [3.05, 3.63) is 11.6 Å². The number of aryl methyl sites for hydroxylation is 2. The summed E-state index contributed by atoms with van der Waals surface area (Å²) in [7, 11) is 0. The van der Waals surface area contributed by atoms with E-state index in [1.54, 1.807) is 6.92 Å². The second kappa shape index (κ2) is 1.98. The molecule has 0 unspecified atom stereocenters. The number of nitrogens with zero attached hydrogens (tertiary/aromatic N) is 4. The predicted molar refractivity (Wildman–Crippen MR) is 36.0 cm³/mol. The van der Waals surface area contributed by atoms with Gasteiger partial charge in [-0.25, -0.2) is 0 Å². The van der Waals surface area contributed by atoms with Gasteiger partial charge in [-0.1, -0.05) is 0 Å². The van der Waals surface area contributed by atoms with Crippen LogP contribution < -0.4 is 0 Å². The van der Waals surface area contributed by atoms with Crippen molar-refractivity contribution in [2.45, 2.75) is 13.8 Å². The Balaban J connectivity index is 2.74. The Morgan fingerprint density at radius 3 is 2.64 bits per heavy atom. The van der Waals surface area contributed by atoms with Gasteiger partial charge >= 0.3 is 0 Å². The molecule has 0 spiro atoms. The van der Waals surface area contributed by atoms with Gasteiger partial charge in [0.2, 0.25) is 5.89 Å². The van der Waals surface area contributed by atoms with Crippen LogP contribution in [0.15, 0.2) is 4.42 Å². The lowest BCUT2D eigenvalue weighted by molar-refractivity contribution is 0.472. The van der Waals surface area contributed by atoms with Crippen molar-refractivity contribution in [1.82, 2.24) is 20.4 Å². The molecule has 2 rings (SSSR count). The van der Waals surface area contributed by atoms with Gasteiger partial charge in [-0.2, -0.15) is 0 Å². The highest BCUT2D eigenvalue weighted by molar-refractivity contribution is 5.49. The first-order chi connectivity index (χ1) is 5.27. The molecule has 0 N–H and O–H groups in total. The van der Waals surface area contributed by atoms with Gasteiger partial charge < -0.3 is 4.42 Å². The summed E-state index contributed by atoms with van der Waals surface area (Å²) >= 11 is 0. The summed E-state index contributed by atoms with van der Waals surface area (Å²) in [5.74, 6) is 0.951. The number of fused-ring (bicyclic) bond motifs is 1. The van der Waals surface area contributed by atoms with Gasteiger partial charge in [0, 0.05) is 6.92 Å². The van der Waals surface area contributed by atoms with Crippen molar-refractivity contribution in [2.24, 2.45) is 0 Å². The molecule has 5 heteroatoms. The van der Waals surface area contributed by atoms with E-state index >= 15 is 0 Å². The molecule has 5 nitrogen and oxygen atoms in total. The molecule has 2 heterocycles. The predicted octanol–water partition coefficient (Wildman–Crippen LogP) is 0.581. The van der Waals surface area contributed by atoms with E-state index in [2.05, 4.69) is 20.4 Å². The van der Waals surface area contributed by atoms with Gasteiger partial charge in [0.1, 0.15) is 0 Å². The Morgan fingerprint density at radius 2 is 1.82 bits per heavy atom. The molecule has 0 saturated heterocycles. The van der Waals surface area contributed by atoms with Crippen LogP contribution in [0.25, 0.3) is 11.6 Å². The lowest BCUT2D eigenvalue weighted by atomic mass is 10.3. The second-order valence-electron chi connectivity index (χ2n) is 2.26. The molecular weight excluding hydrogens is 144 g/mol. The fraction of sp³-hybridized carbons (Fsp3) is 0.333. The molecule has 0 radical (unpaired) electrons. The largest absolute Gasteiger partial charge is 0.420 e. The smallest absolute Gasteiger partial charge is 0.270 e. The summed E-state index contributed by atoms with van der Waals surface area (Å²) in [4.78, 5) is 0. The van der Waals surface area contributed by atoms with Crippen molar-refractivity contribution in [1.29, 1.82) is 0 Å². The lowest BCUT2D eigenvalue weighted by Crippen LogP contribution is -1.91. The average molecular weight is 150 g/mol. The Morgan fingerprint density at radius 1 is 1.00 bits per heavy atom. The van der Waals surface area contributed by atoms with Crippen molar-refractivity contribution in [3.63, 3.8) is 0 Å². The first-order valence-corrected chi connectivity index (χ1v) is 3.20. The molecule has 0 bridgehead atoms. The van der Waals surface area contributed by atoms with Crippen LogP contribution in [0.5, 0.6) is 0 Å². The highest BCUT2D eigenvalue weighted by atomic mass is 16.4. The molecule has 56 valence electrons. The maximum absolute atomic E-state index is 5.14. The SMILES string of the molecule is Cc1nnc2c(C)nnc-2o1. The van der Waals surface area contributed by atoms with Gasteiger partial charge in [-0.15, -0.1) is 20.4 Å². The monoisotopic (exact) mass is 150 g/mol. The summed E-state index contributed by atoms with van der Waals surface area (Å²) in [5.41, 5.74) is 1.38. The molecule has 0 amide bonds. The van der Waals surface area contributed by atoms with Crippen molar-refractivity contribution in [2.75, 3.05) is 0 Å². The van der Waals surface area contributed by atoms with Crippen molar-refractivity contribution in [3.8, 4) is 11.6 Å². The van der Waals surface area contributed by atoms with Crippen LogP contribution in [-0.4, -0.2) is 20.4 Å². The van der Waals surface area contributed by atoms with Gasteiger partial charge in [0.05, 0.1) is 5.69 Å². The zero-order valence-electron chi connectivity index (χ0n) is 6.20. The first kappa shape index (κ1) is 6.21. The minimum atomic E-state index is 0.454. The Labute approximate surface area is 62.8 Å². The zero-order valence-corrected chi connectivity index (χ0v) is 6.20. The van der Waals surface area contributed by atoms with E-state index in [1.165, 1.54) is 0 Å². The van der Waals surface area contributed by atoms with Crippen LogP contribution in [0.1, 0.15) is 11.6 Å². The summed E-state index contributed by atoms with van der Waals surface area (Å²) in [6.07, 6.45) is 0. The lowest BCUT2D eigenvalue weighted by Gasteiger charge is -1.93. The zero-order chi connectivity index (χ0) is 7.84. The van der Waals surface area contributed by atoms with E-state index in [0.29, 0.717) is 17.5 Å². The van der Waals surface area contributed by atoms with Gasteiger partial charge in [-0.3, -0.25) is 0 Å². The summed E-state index contributed by atoms with van der Waals surface area (Å²) < 4.78 is 5.14. The fourth-order valence-electron chi connectivity index (χ4n) is 0.835. The van der Waals surface area contributed by atoms with Crippen LogP contribution in [0.3, 0.4) is 0 Å². The normalized spacial score (nSPS) is 10.7. The van der Waals surface area contributed by atoms with Crippen LogP contribution in [0.4, 0.5) is 0 Å². The molecule has 0 fully saturated rings. The molecule has 0 atom stereocenters. The van der Waals surface area contributed by atoms with E-state index < -0.39 is 0 Å². The maximum Gasteiger partial charge on any atom is 0.270 e. The Bertz CT molecular complexity index is 356. The van der Waals surface area contributed by atoms with E-state index in [0.717, 1.165) is 5.69 Å². The number of hydrogen-bond donors (Lipinski definition) is 0. The van der Waals surface area contributed by atoms with E-state index in [4.69, 9.17) is 4.42 Å². The molecule has 0 saturated carbocycles. The second-order valence-corrected chi connectivity index (χ2v) is 2.26. The summed E-state index contributed by atoms with van der Waals surface area (Å²) in [6.45, 7) is 3.53. The molecule has 2 aliphatic heterocycles. The molecule has 2 aliphatic rings.